The van der Waals surface area contributed by atoms with Crippen LogP contribution in [0.4, 0.5) is 4.79 Å². The molecule has 4 N–H and O–H groups in total. The SMILES string of the molecule is NC(N)=O.S.c1ccccc1. The largest absolute Gasteiger partial charge is 0.352 e. The summed E-state index contributed by atoms with van der Waals surface area (Å²) >= 11 is 0. The van der Waals surface area contributed by atoms with E-state index >= 15 is 0 Å². The van der Waals surface area contributed by atoms with Crippen molar-refractivity contribution in [1.29, 1.82) is 0 Å². The van der Waals surface area contributed by atoms with Crippen molar-refractivity contribution in [3.05, 3.63) is 36.4 Å². The fourth-order valence-corrected chi connectivity index (χ4v) is 0.385. The highest BCUT2D eigenvalue weighted by atomic mass is 32.1. The van der Waals surface area contributed by atoms with Crippen LogP contribution in [-0.4, -0.2) is 6.03 Å². The molecule has 0 atom stereocenters. The summed E-state index contributed by atoms with van der Waals surface area (Å²) in [4.78, 5) is 9.00. The van der Waals surface area contributed by atoms with Crippen LogP contribution in [0.1, 0.15) is 0 Å². The molecule has 0 saturated heterocycles. The van der Waals surface area contributed by atoms with Gasteiger partial charge in [-0.1, -0.05) is 36.4 Å². The van der Waals surface area contributed by atoms with Crippen molar-refractivity contribution in [2.75, 3.05) is 0 Å². The Morgan fingerprint density at radius 3 is 1.00 bits per heavy atom. The van der Waals surface area contributed by atoms with E-state index in [9.17, 15) is 0 Å². The van der Waals surface area contributed by atoms with E-state index in [0.29, 0.717) is 0 Å². The molecule has 2 amide bonds. The Kier molecular flexibility index (Phi) is 10.1. The van der Waals surface area contributed by atoms with Crippen molar-refractivity contribution in [2.24, 2.45) is 11.5 Å². The smallest absolute Gasteiger partial charge is 0.309 e. The highest BCUT2D eigenvalue weighted by Gasteiger charge is 1.60. The van der Waals surface area contributed by atoms with Crippen LogP contribution in [0.2, 0.25) is 0 Å². The van der Waals surface area contributed by atoms with Gasteiger partial charge in [-0.15, -0.1) is 0 Å². The average molecular weight is 172 g/mol. The molecule has 0 bridgehead atoms. The maximum Gasteiger partial charge on any atom is 0.309 e. The average Bonchev–Trinajstić information content (AvgIpc) is 1.90. The number of rotatable bonds is 0. The molecule has 0 aliphatic carbocycles. The third kappa shape index (κ3) is 17.7. The van der Waals surface area contributed by atoms with Gasteiger partial charge in [-0.25, -0.2) is 4.79 Å². The number of amides is 2. The van der Waals surface area contributed by atoms with Crippen LogP contribution in [0.5, 0.6) is 0 Å². The summed E-state index contributed by atoms with van der Waals surface area (Å²) in [6, 6.07) is 11.2. The zero-order chi connectivity index (χ0) is 7.82. The van der Waals surface area contributed by atoms with Gasteiger partial charge in [-0.2, -0.15) is 13.5 Å². The van der Waals surface area contributed by atoms with Gasteiger partial charge in [-0.05, 0) is 0 Å². The number of nitrogens with two attached hydrogens (primary N) is 2. The Hall–Kier alpha value is -1.16. The van der Waals surface area contributed by atoms with E-state index in [4.69, 9.17) is 4.79 Å². The predicted octanol–water partition coefficient (Wildman–Crippen LogP) is 0.823. The standard InChI is InChI=1S/C6H6.CH4N2O.H2S/c1-2-4-6-5-3-1;2-1(3)4;/h1-6H;(H4,2,3,4);1H2. The van der Waals surface area contributed by atoms with Gasteiger partial charge in [0.25, 0.3) is 0 Å². The van der Waals surface area contributed by atoms with Crippen LogP contribution in [-0.2, 0) is 0 Å². The Balaban J connectivity index is 0. The number of carbonyl (C=O) groups excluding carboxylic acids is 1. The summed E-state index contributed by atoms with van der Waals surface area (Å²) in [5, 5.41) is 0. The van der Waals surface area contributed by atoms with Crippen molar-refractivity contribution < 1.29 is 4.79 Å². The van der Waals surface area contributed by atoms with Gasteiger partial charge < -0.3 is 11.5 Å². The van der Waals surface area contributed by atoms with E-state index in [2.05, 4.69) is 11.5 Å². The lowest BCUT2D eigenvalue weighted by Gasteiger charge is -1.69. The van der Waals surface area contributed by atoms with Crippen molar-refractivity contribution in [3.8, 4) is 0 Å². The number of benzene rings is 1. The molecule has 1 rings (SSSR count). The van der Waals surface area contributed by atoms with E-state index < -0.39 is 6.03 Å². The molecule has 0 aliphatic heterocycles. The number of carbonyl (C=O) groups is 1. The van der Waals surface area contributed by atoms with Gasteiger partial charge in [0.2, 0.25) is 0 Å². The molecular formula is C7H12N2OS. The summed E-state index contributed by atoms with van der Waals surface area (Å²) in [6.07, 6.45) is 0. The molecular weight excluding hydrogens is 160 g/mol. The molecule has 0 fully saturated rings. The van der Waals surface area contributed by atoms with E-state index in [-0.39, 0.29) is 13.5 Å². The van der Waals surface area contributed by atoms with E-state index in [1.807, 2.05) is 36.4 Å². The minimum absolute atomic E-state index is 0. The highest BCUT2D eigenvalue weighted by Crippen LogP contribution is 1.79. The normalized spacial score (nSPS) is 6.55. The van der Waals surface area contributed by atoms with E-state index in [1.165, 1.54) is 0 Å². The summed E-state index contributed by atoms with van der Waals surface area (Å²) in [5.41, 5.74) is 8.50. The van der Waals surface area contributed by atoms with Crippen molar-refractivity contribution in [2.45, 2.75) is 0 Å². The van der Waals surface area contributed by atoms with Crippen LogP contribution in [0, 0.1) is 0 Å². The maximum absolute atomic E-state index is 9.00. The Labute approximate surface area is 72.8 Å². The monoisotopic (exact) mass is 172 g/mol. The van der Waals surface area contributed by atoms with Crippen LogP contribution in [0.15, 0.2) is 36.4 Å². The molecule has 0 aromatic heterocycles. The quantitative estimate of drug-likeness (QED) is 0.597. The zero-order valence-corrected chi connectivity index (χ0v) is 7.03. The van der Waals surface area contributed by atoms with Crippen LogP contribution in [0.3, 0.4) is 0 Å². The fraction of sp³-hybridized carbons (Fsp3) is 0. The maximum atomic E-state index is 9.00. The Morgan fingerprint density at radius 1 is 0.818 bits per heavy atom. The van der Waals surface area contributed by atoms with Gasteiger partial charge in [0.05, 0.1) is 0 Å². The first-order valence-electron chi connectivity index (χ1n) is 2.78. The molecule has 4 heteroatoms. The molecule has 0 unspecified atom stereocenters. The summed E-state index contributed by atoms with van der Waals surface area (Å²) in [7, 11) is 0. The second-order valence-electron chi connectivity index (χ2n) is 1.56. The molecule has 62 valence electrons. The van der Waals surface area contributed by atoms with Crippen molar-refractivity contribution in [1.82, 2.24) is 0 Å². The fourth-order valence-electron chi connectivity index (χ4n) is 0.385. The highest BCUT2D eigenvalue weighted by molar-refractivity contribution is 7.59. The lowest BCUT2D eigenvalue weighted by Crippen LogP contribution is -2.18. The molecule has 0 spiro atoms. The second kappa shape index (κ2) is 8.84. The Bertz CT molecular complexity index is 148. The Morgan fingerprint density at radius 2 is 0.909 bits per heavy atom. The summed E-state index contributed by atoms with van der Waals surface area (Å²) in [6.45, 7) is 0. The summed E-state index contributed by atoms with van der Waals surface area (Å²) in [5.74, 6) is 0. The first kappa shape index (κ1) is 12.5. The number of hydrogen-bond acceptors (Lipinski definition) is 1. The number of urea groups is 1. The van der Waals surface area contributed by atoms with Crippen LogP contribution < -0.4 is 11.5 Å². The van der Waals surface area contributed by atoms with Gasteiger partial charge in [0.1, 0.15) is 0 Å². The third-order valence-corrected chi connectivity index (χ3v) is 0.667. The molecule has 3 nitrogen and oxygen atoms in total. The summed E-state index contributed by atoms with van der Waals surface area (Å²) < 4.78 is 0. The zero-order valence-electron chi connectivity index (χ0n) is 6.03. The van der Waals surface area contributed by atoms with Gasteiger partial charge in [0.15, 0.2) is 0 Å². The van der Waals surface area contributed by atoms with Crippen molar-refractivity contribution in [3.63, 3.8) is 0 Å². The van der Waals surface area contributed by atoms with Gasteiger partial charge in [-0.3, -0.25) is 0 Å². The van der Waals surface area contributed by atoms with Crippen LogP contribution in [0.25, 0.3) is 0 Å². The molecule has 0 saturated carbocycles. The lowest BCUT2D eigenvalue weighted by atomic mass is 10.4. The predicted molar refractivity (Wildman–Crippen MR) is 50.6 cm³/mol. The topological polar surface area (TPSA) is 69.1 Å². The molecule has 0 heterocycles. The van der Waals surface area contributed by atoms with E-state index in [0.717, 1.165) is 0 Å². The molecule has 11 heavy (non-hydrogen) atoms. The minimum Gasteiger partial charge on any atom is -0.352 e. The van der Waals surface area contributed by atoms with Crippen LogP contribution >= 0.6 is 13.5 Å². The molecule has 0 radical (unpaired) electrons. The molecule has 1 aromatic rings. The van der Waals surface area contributed by atoms with E-state index in [1.54, 1.807) is 0 Å². The minimum atomic E-state index is -0.833. The van der Waals surface area contributed by atoms with Gasteiger partial charge >= 0.3 is 6.03 Å². The first-order valence-corrected chi connectivity index (χ1v) is 2.78. The first-order chi connectivity index (χ1) is 4.73. The lowest BCUT2D eigenvalue weighted by molar-refractivity contribution is 0.256. The molecule has 1 aromatic carbocycles. The number of hydrogen-bond donors (Lipinski definition) is 2. The third-order valence-electron chi connectivity index (χ3n) is 0.667. The van der Waals surface area contributed by atoms with Crippen molar-refractivity contribution >= 4 is 19.5 Å². The van der Waals surface area contributed by atoms with Gasteiger partial charge in [0, 0.05) is 0 Å². The number of primary amides is 2. The second-order valence-corrected chi connectivity index (χ2v) is 1.56. The molecule has 0 aliphatic rings.